The number of guanidine groups is 1. The molecule has 0 spiro atoms. The van der Waals surface area contributed by atoms with E-state index in [2.05, 4.69) is 37.9 Å². The number of aryl methyl sites for hydroxylation is 1. The van der Waals surface area contributed by atoms with Gasteiger partial charge < -0.3 is 19.9 Å². The number of ether oxygens (including phenoxy) is 1. The molecule has 0 bridgehead atoms. The Morgan fingerprint density at radius 3 is 2.56 bits per heavy atom. The lowest BCUT2D eigenvalue weighted by molar-refractivity contribution is 0.194. The highest BCUT2D eigenvalue weighted by Crippen LogP contribution is 2.16. The van der Waals surface area contributed by atoms with Crippen LogP contribution in [0.5, 0.6) is 0 Å². The Morgan fingerprint density at radius 1 is 1.22 bits per heavy atom. The van der Waals surface area contributed by atoms with Crippen LogP contribution in [0.1, 0.15) is 36.5 Å². The van der Waals surface area contributed by atoms with Crippen molar-refractivity contribution >= 4 is 41.5 Å². The molecule has 0 unspecified atom stereocenters. The number of hydrogen-bond acceptors (Lipinski definition) is 5. The maximum absolute atomic E-state index is 6.00. The second-order valence-corrected chi connectivity index (χ2v) is 8.42. The van der Waals surface area contributed by atoms with E-state index in [4.69, 9.17) is 21.3 Å². The van der Waals surface area contributed by atoms with E-state index in [0.29, 0.717) is 12.6 Å². The third-order valence-corrected chi connectivity index (χ3v) is 5.88. The molecule has 32 heavy (non-hydrogen) atoms. The van der Waals surface area contributed by atoms with Gasteiger partial charge in [-0.25, -0.2) is 4.99 Å². The molecule has 0 aliphatic carbocycles. The first kappa shape index (κ1) is 26.8. The highest BCUT2D eigenvalue weighted by molar-refractivity contribution is 14.0. The molecular formula is C22H35ClIN7O. The number of hydrogen-bond donors (Lipinski definition) is 2. The maximum atomic E-state index is 6.00. The average Bonchev–Trinajstić information content (AvgIpc) is 3.10. The molecule has 1 aromatic carbocycles. The van der Waals surface area contributed by atoms with E-state index in [1.165, 1.54) is 5.56 Å². The molecule has 0 saturated carbocycles. The SMILES string of the molecule is COCCCNC(=NCc1nnc(C)n1C)NC1CCN(Cc2ccc(Cl)cc2)CC1.I. The van der Waals surface area contributed by atoms with E-state index in [9.17, 15) is 0 Å². The molecule has 2 N–H and O–H groups in total. The highest BCUT2D eigenvalue weighted by atomic mass is 127. The summed E-state index contributed by atoms with van der Waals surface area (Å²) in [6.07, 6.45) is 3.09. The van der Waals surface area contributed by atoms with Crippen molar-refractivity contribution < 1.29 is 4.74 Å². The first-order valence-corrected chi connectivity index (χ1v) is 11.3. The number of benzene rings is 1. The van der Waals surface area contributed by atoms with Gasteiger partial charge in [-0.05, 0) is 43.9 Å². The third-order valence-electron chi connectivity index (χ3n) is 5.63. The molecule has 2 heterocycles. The fourth-order valence-electron chi connectivity index (χ4n) is 3.59. The summed E-state index contributed by atoms with van der Waals surface area (Å²) in [5, 5.41) is 16.2. The molecule has 1 aromatic heterocycles. The number of rotatable bonds is 9. The van der Waals surface area contributed by atoms with Crippen molar-refractivity contribution in [3.8, 4) is 0 Å². The second-order valence-electron chi connectivity index (χ2n) is 7.98. The van der Waals surface area contributed by atoms with E-state index in [-0.39, 0.29) is 24.0 Å². The molecule has 1 saturated heterocycles. The number of methoxy groups -OCH3 is 1. The lowest BCUT2D eigenvalue weighted by Gasteiger charge is -2.33. The first-order chi connectivity index (χ1) is 15.0. The minimum absolute atomic E-state index is 0. The Labute approximate surface area is 213 Å². The largest absolute Gasteiger partial charge is 0.385 e. The first-order valence-electron chi connectivity index (χ1n) is 10.9. The zero-order valence-electron chi connectivity index (χ0n) is 19.2. The van der Waals surface area contributed by atoms with Gasteiger partial charge in [0.1, 0.15) is 12.4 Å². The Morgan fingerprint density at radius 2 is 1.94 bits per heavy atom. The molecule has 8 nitrogen and oxygen atoms in total. The van der Waals surface area contributed by atoms with E-state index >= 15 is 0 Å². The van der Waals surface area contributed by atoms with Crippen LogP contribution < -0.4 is 10.6 Å². The van der Waals surface area contributed by atoms with E-state index in [0.717, 1.165) is 74.7 Å². The van der Waals surface area contributed by atoms with E-state index in [1.54, 1.807) is 7.11 Å². The second kappa shape index (κ2) is 14.0. The summed E-state index contributed by atoms with van der Waals surface area (Å²) in [4.78, 5) is 7.25. The van der Waals surface area contributed by atoms with Crippen LogP contribution in [0.2, 0.25) is 5.02 Å². The summed E-state index contributed by atoms with van der Waals surface area (Å²) in [7, 11) is 3.69. The molecule has 178 valence electrons. The number of halogens is 2. The van der Waals surface area contributed by atoms with Crippen molar-refractivity contribution in [1.29, 1.82) is 0 Å². The molecule has 2 aromatic rings. The fraction of sp³-hybridized carbons (Fsp3) is 0.591. The number of nitrogens with zero attached hydrogens (tertiary/aromatic N) is 5. The van der Waals surface area contributed by atoms with Gasteiger partial charge in [0.05, 0.1) is 0 Å². The Balaban J connectivity index is 0.00000363. The molecule has 3 rings (SSSR count). The van der Waals surface area contributed by atoms with Gasteiger partial charge in [0.2, 0.25) is 0 Å². The monoisotopic (exact) mass is 575 g/mol. The smallest absolute Gasteiger partial charge is 0.191 e. The van der Waals surface area contributed by atoms with Crippen molar-refractivity contribution in [2.45, 2.75) is 45.3 Å². The summed E-state index contributed by atoms with van der Waals surface area (Å²) in [6, 6.07) is 8.53. The number of aromatic nitrogens is 3. The van der Waals surface area contributed by atoms with Crippen LogP contribution >= 0.6 is 35.6 Å². The van der Waals surface area contributed by atoms with E-state index in [1.807, 2.05) is 30.7 Å². The molecule has 0 atom stereocenters. The van der Waals surface area contributed by atoms with Crippen molar-refractivity contribution in [2.75, 3.05) is 33.4 Å². The topological polar surface area (TPSA) is 79.6 Å². The lowest BCUT2D eigenvalue weighted by atomic mass is 10.0. The highest BCUT2D eigenvalue weighted by Gasteiger charge is 2.20. The normalized spacial score (nSPS) is 15.4. The number of likely N-dealkylation sites (tertiary alicyclic amines) is 1. The Bertz CT molecular complexity index is 835. The average molecular weight is 576 g/mol. The van der Waals surface area contributed by atoms with Crippen LogP contribution in [0.4, 0.5) is 0 Å². The summed E-state index contributed by atoms with van der Waals surface area (Å²) in [5.74, 6) is 2.57. The minimum atomic E-state index is 0. The van der Waals surface area contributed by atoms with Crippen molar-refractivity contribution in [1.82, 2.24) is 30.3 Å². The van der Waals surface area contributed by atoms with Crippen molar-refractivity contribution in [3.63, 3.8) is 0 Å². The third kappa shape index (κ3) is 8.49. The van der Waals surface area contributed by atoms with Crippen LogP contribution in [0.25, 0.3) is 0 Å². The lowest BCUT2D eigenvalue weighted by Crippen LogP contribution is -2.48. The maximum Gasteiger partial charge on any atom is 0.191 e. The molecule has 0 radical (unpaired) electrons. The minimum Gasteiger partial charge on any atom is -0.385 e. The predicted molar refractivity (Wildman–Crippen MR) is 140 cm³/mol. The van der Waals surface area contributed by atoms with Gasteiger partial charge in [-0.1, -0.05) is 23.7 Å². The van der Waals surface area contributed by atoms with Gasteiger partial charge >= 0.3 is 0 Å². The van der Waals surface area contributed by atoms with Gasteiger partial charge in [0.15, 0.2) is 11.8 Å². The van der Waals surface area contributed by atoms with Crippen LogP contribution in [0, 0.1) is 6.92 Å². The van der Waals surface area contributed by atoms with Crippen LogP contribution in [-0.2, 0) is 24.9 Å². The molecule has 1 aliphatic heterocycles. The number of piperidine rings is 1. The summed E-state index contributed by atoms with van der Waals surface area (Å²) < 4.78 is 7.13. The van der Waals surface area contributed by atoms with Gasteiger partial charge in [-0.2, -0.15) is 0 Å². The van der Waals surface area contributed by atoms with E-state index < -0.39 is 0 Å². The van der Waals surface area contributed by atoms with Crippen LogP contribution in [0.15, 0.2) is 29.3 Å². The number of nitrogens with one attached hydrogen (secondary N) is 2. The van der Waals surface area contributed by atoms with Gasteiger partial charge in [-0.3, -0.25) is 4.90 Å². The summed E-state index contributed by atoms with van der Waals surface area (Å²) in [5.41, 5.74) is 1.30. The Hall–Kier alpha value is -1.43. The predicted octanol–water partition coefficient (Wildman–Crippen LogP) is 3.13. The molecule has 1 fully saturated rings. The zero-order valence-corrected chi connectivity index (χ0v) is 22.3. The molecule has 0 amide bonds. The van der Waals surface area contributed by atoms with Gasteiger partial charge in [0.25, 0.3) is 0 Å². The fourth-order valence-corrected chi connectivity index (χ4v) is 3.72. The number of aliphatic imine (C=N–C) groups is 1. The van der Waals surface area contributed by atoms with Gasteiger partial charge in [0, 0.05) is 58.0 Å². The van der Waals surface area contributed by atoms with Crippen molar-refractivity contribution in [3.05, 3.63) is 46.5 Å². The summed E-state index contributed by atoms with van der Waals surface area (Å²) in [6.45, 7) is 7.05. The summed E-state index contributed by atoms with van der Waals surface area (Å²) >= 11 is 6.00. The van der Waals surface area contributed by atoms with Gasteiger partial charge in [-0.15, -0.1) is 34.2 Å². The van der Waals surface area contributed by atoms with Crippen molar-refractivity contribution in [2.24, 2.45) is 12.0 Å². The quantitative estimate of drug-likeness (QED) is 0.207. The standard InChI is InChI=1S/C22H34ClN7O.HI/c1-17-27-28-21(29(17)2)15-25-22(24-11-4-14-31-3)26-20-9-12-30(13-10-20)16-18-5-7-19(23)8-6-18;/h5-8,20H,4,9-16H2,1-3H3,(H2,24,25,26);1H. The van der Waals surface area contributed by atoms with Crippen LogP contribution in [-0.4, -0.2) is 65.0 Å². The van der Waals surface area contributed by atoms with Crippen LogP contribution in [0.3, 0.4) is 0 Å². The molecular weight excluding hydrogens is 541 g/mol. The molecule has 1 aliphatic rings. The Kier molecular flexibility index (Phi) is 11.7. The zero-order chi connectivity index (χ0) is 22.1. The molecule has 10 heteroatoms.